The molecular formula is C16H21ClN2O3S. The molecular weight excluding hydrogens is 336 g/mol. The summed E-state index contributed by atoms with van der Waals surface area (Å²) in [5, 5.41) is 0.390. The second kappa shape index (κ2) is 7.95. The third-order valence-corrected chi connectivity index (χ3v) is 5.83. The number of allylic oxidation sites excluding steroid dienone is 1. The molecule has 1 aliphatic heterocycles. The Morgan fingerprint density at radius 2 is 1.96 bits per heavy atom. The molecule has 7 heteroatoms. The van der Waals surface area contributed by atoms with Crippen molar-refractivity contribution in [2.45, 2.75) is 24.7 Å². The summed E-state index contributed by atoms with van der Waals surface area (Å²) in [5.74, 6) is -0.0572. The Hall–Kier alpha value is -1.37. The Kier molecular flexibility index (Phi) is 6.21. The first-order valence-electron chi connectivity index (χ1n) is 7.66. The van der Waals surface area contributed by atoms with Gasteiger partial charge in [-0.05, 0) is 30.7 Å². The highest BCUT2D eigenvalue weighted by Gasteiger charge is 2.29. The number of unbranched alkanes of at least 4 members (excludes halogenated alkanes) is 1. The normalized spacial score (nSPS) is 16.9. The summed E-state index contributed by atoms with van der Waals surface area (Å²) >= 11 is 5.87. The molecule has 1 aromatic rings. The monoisotopic (exact) mass is 356 g/mol. The highest BCUT2D eigenvalue weighted by molar-refractivity contribution is 7.89. The molecule has 1 amide bonds. The standard InChI is InChI=1S/C16H21ClN2O3S/c1-2-3-4-8-16(20)18-9-11-19(12-10-18)23(21,22)15-7-5-6-14(17)13-15/h4-8,13H,2-3,9-12H2,1H3. The van der Waals surface area contributed by atoms with Crippen molar-refractivity contribution < 1.29 is 13.2 Å². The van der Waals surface area contributed by atoms with Gasteiger partial charge in [0.15, 0.2) is 0 Å². The van der Waals surface area contributed by atoms with Crippen molar-refractivity contribution in [3.05, 3.63) is 41.4 Å². The van der Waals surface area contributed by atoms with Crippen LogP contribution in [0.3, 0.4) is 0 Å². The van der Waals surface area contributed by atoms with E-state index >= 15 is 0 Å². The van der Waals surface area contributed by atoms with Crippen molar-refractivity contribution in [1.82, 2.24) is 9.21 Å². The lowest BCUT2D eigenvalue weighted by Gasteiger charge is -2.33. The quantitative estimate of drug-likeness (QED) is 0.762. The molecule has 23 heavy (non-hydrogen) atoms. The molecule has 0 aliphatic carbocycles. The van der Waals surface area contributed by atoms with Gasteiger partial charge in [0.05, 0.1) is 4.90 Å². The largest absolute Gasteiger partial charge is 0.337 e. The second-order valence-electron chi connectivity index (χ2n) is 5.38. The first-order valence-corrected chi connectivity index (χ1v) is 9.48. The van der Waals surface area contributed by atoms with Crippen LogP contribution in [-0.2, 0) is 14.8 Å². The lowest BCUT2D eigenvalue weighted by molar-refractivity contribution is -0.127. The lowest BCUT2D eigenvalue weighted by atomic mass is 10.3. The van der Waals surface area contributed by atoms with Crippen LogP contribution >= 0.6 is 11.6 Å². The van der Waals surface area contributed by atoms with Crippen LogP contribution in [0, 0.1) is 0 Å². The second-order valence-corrected chi connectivity index (χ2v) is 7.75. The molecule has 126 valence electrons. The molecule has 1 aromatic carbocycles. The number of amides is 1. The van der Waals surface area contributed by atoms with Crippen LogP contribution in [0.15, 0.2) is 41.3 Å². The Morgan fingerprint density at radius 1 is 1.26 bits per heavy atom. The summed E-state index contributed by atoms with van der Waals surface area (Å²) in [6.07, 6.45) is 5.30. The summed E-state index contributed by atoms with van der Waals surface area (Å²) in [6.45, 7) is 3.43. The summed E-state index contributed by atoms with van der Waals surface area (Å²) in [6, 6.07) is 6.24. The van der Waals surface area contributed by atoms with Crippen molar-refractivity contribution in [3.8, 4) is 0 Å². The summed E-state index contributed by atoms with van der Waals surface area (Å²) in [7, 11) is -3.56. The van der Waals surface area contributed by atoms with Gasteiger partial charge < -0.3 is 4.90 Å². The Morgan fingerprint density at radius 3 is 2.57 bits per heavy atom. The first-order chi connectivity index (χ1) is 10.9. The van der Waals surface area contributed by atoms with E-state index < -0.39 is 10.0 Å². The van der Waals surface area contributed by atoms with Gasteiger partial charge in [0.25, 0.3) is 0 Å². The average molecular weight is 357 g/mol. The molecule has 2 rings (SSSR count). The number of nitrogens with zero attached hydrogens (tertiary/aromatic N) is 2. The molecule has 0 saturated carbocycles. The first kappa shape index (κ1) is 18.0. The molecule has 0 spiro atoms. The summed E-state index contributed by atoms with van der Waals surface area (Å²) in [4.78, 5) is 13.9. The van der Waals surface area contributed by atoms with E-state index in [2.05, 4.69) is 0 Å². The van der Waals surface area contributed by atoms with Crippen LogP contribution in [0.4, 0.5) is 0 Å². The molecule has 1 saturated heterocycles. The minimum absolute atomic E-state index is 0.0572. The van der Waals surface area contributed by atoms with E-state index in [1.54, 1.807) is 23.1 Å². The van der Waals surface area contributed by atoms with Crippen molar-refractivity contribution >= 4 is 27.5 Å². The van der Waals surface area contributed by atoms with Gasteiger partial charge in [-0.1, -0.05) is 37.1 Å². The third kappa shape index (κ3) is 4.56. The SMILES string of the molecule is CCCC=CC(=O)N1CCN(S(=O)(=O)c2cccc(Cl)c2)CC1. The van der Waals surface area contributed by atoms with Gasteiger partial charge >= 0.3 is 0 Å². The van der Waals surface area contributed by atoms with Crippen molar-refractivity contribution in [1.29, 1.82) is 0 Å². The lowest BCUT2D eigenvalue weighted by Crippen LogP contribution is -2.50. The number of halogens is 1. The average Bonchev–Trinajstić information content (AvgIpc) is 2.55. The van der Waals surface area contributed by atoms with E-state index in [-0.39, 0.29) is 10.8 Å². The molecule has 5 nitrogen and oxygen atoms in total. The number of carbonyl (C=O) groups is 1. The fourth-order valence-corrected chi connectivity index (χ4v) is 4.11. The Balaban J connectivity index is 2.00. The summed E-state index contributed by atoms with van der Waals surface area (Å²) in [5.41, 5.74) is 0. The number of hydrogen-bond acceptors (Lipinski definition) is 3. The number of sulfonamides is 1. The van der Waals surface area contributed by atoms with Crippen LogP contribution in [0.5, 0.6) is 0 Å². The number of carbonyl (C=O) groups excluding carboxylic acids is 1. The van der Waals surface area contributed by atoms with E-state index in [1.165, 1.54) is 16.4 Å². The fourth-order valence-electron chi connectivity index (χ4n) is 2.38. The molecule has 1 fully saturated rings. The van der Waals surface area contributed by atoms with Gasteiger partial charge in [0, 0.05) is 31.2 Å². The predicted octanol–water partition coefficient (Wildman–Crippen LogP) is 2.53. The van der Waals surface area contributed by atoms with Gasteiger partial charge in [-0.25, -0.2) is 8.42 Å². The maximum Gasteiger partial charge on any atom is 0.246 e. The van der Waals surface area contributed by atoms with Crippen LogP contribution < -0.4 is 0 Å². The number of piperazine rings is 1. The van der Waals surface area contributed by atoms with Gasteiger partial charge in [0.1, 0.15) is 0 Å². The van der Waals surface area contributed by atoms with E-state index in [9.17, 15) is 13.2 Å². The molecule has 0 bridgehead atoms. The van der Waals surface area contributed by atoms with E-state index in [0.29, 0.717) is 31.2 Å². The Bertz CT molecular complexity index is 680. The molecule has 0 N–H and O–H groups in total. The molecule has 0 radical (unpaired) electrons. The van der Waals surface area contributed by atoms with Crippen molar-refractivity contribution in [2.75, 3.05) is 26.2 Å². The van der Waals surface area contributed by atoms with Crippen LogP contribution in [0.25, 0.3) is 0 Å². The zero-order valence-corrected chi connectivity index (χ0v) is 14.7. The fraction of sp³-hybridized carbons (Fsp3) is 0.438. The third-order valence-electron chi connectivity index (χ3n) is 3.70. The summed E-state index contributed by atoms with van der Waals surface area (Å²) < 4.78 is 26.6. The smallest absolute Gasteiger partial charge is 0.246 e. The van der Waals surface area contributed by atoms with E-state index in [1.807, 2.05) is 13.0 Å². The van der Waals surface area contributed by atoms with Gasteiger partial charge in [-0.3, -0.25) is 4.79 Å². The topological polar surface area (TPSA) is 57.7 Å². The van der Waals surface area contributed by atoms with E-state index in [4.69, 9.17) is 11.6 Å². The molecule has 0 unspecified atom stereocenters. The zero-order chi connectivity index (χ0) is 16.9. The van der Waals surface area contributed by atoms with Gasteiger partial charge in [-0.2, -0.15) is 4.31 Å². The minimum Gasteiger partial charge on any atom is -0.337 e. The Labute approximate surface area is 142 Å². The van der Waals surface area contributed by atoms with Crippen LogP contribution in [0.1, 0.15) is 19.8 Å². The predicted molar refractivity (Wildman–Crippen MR) is 90.8 cm³/mol. The molecule has 0 atom stereocenters. The maximum absolute atomic E-state index is 12.6. The van der Waals surface area contributed by atoms with E-state index in [0.717, 1.165) is 12.8 Å². The minimum atomic E-state index is -3.56. The van der Waals surface area contributed by atoms with Gasteiger partial charge in [0.2, 0.25) is 15.9 Å². The molecule has 1 aliphatic rings. The maximum atomic E-state index is 12.6. The van der Waals surface area contributed by atoms with Crippen LogP contribution in [0.2, 0.25) is 5.02 Å². The number of benzene rings is 1. The van der Waals surface area contributed by atoms with Crippen LogP contribution in [-0.4, -0.2) is 49.7 Å². The zero-order valence-electron chi connectivity index (χ0n) is 13.1. The van der Waals surface area contributed by atoms with Crippen molar-refractivity contribution in [2.24, 2.45) is 0 Å². The van der Waals surface area contributed by atoms with Gasteiger partial charge in [-0.15, -0.1) is 0 Å². The number of hydrogen-bond donors (Lipinski definition) is 0. The molecule has 1 heterocycles. The molecule has 0 aromatic heterocycles. The number of rotatable bonds is 5. The highest BCUT2D eigenvalue weighted by Crippen LogP contribution is 2.20. The highest BCUT2D eigenvalue weighted by atomic mass is 35.5. The van der Waals surface area contributed by atoms with Crippen molar-refractivity contribution in [3.63, 3.8) is 0 Å².